The molecule has 0 radical (unpaired) electrons. The maximum atomic E-state index is 6.11. The van der Waals surface area contributed by atoms with E-state index in [1.54, 1.807) is 18.7 Å². The number of aromatic nitrogens is 3. The molecule has 0 unspecified atom stereocenters. The number of hydrogen-bond donors (Lipinski definition) is 0. The smallest absolute Gasteiger partial charge is 0.123 e. The van der Waals surface area contributed by atoms with E-state index in [2.05, 4.69) is 29.6 Å². The van der Waals surface area contributed by atoms with E-state index in [1.807, 2.05) is 16.8 Å². The highest BCUT2D eigenvalue weighted by Crippen LogP contribution is 2.16. The second-order valence-corrected chi connectivity index (χ2v) is 12.4. The lowest BCUT2D eigenvalue weighted by atomic mass is 10.1. The molecule has 4 nitrogen and oxygen atoms in total. The van der Waals surface area contributed by atoms with Crippen molar-refractivity contribution in [3.8, 4) is 0 Å². The number of hydrogen-bond acceptors (Lipinski definition) is 3. The summed E-state index contributed by atoms with van der Waals surface area (Å²) >= 11 is 6.11. The van der Waals surface area contributed by atoms with Gasteiger partial charge in [0.25, 0.3) is 0 Å². The van der Waals surface area contributed by atoms with Gasteiger partial charge in [0.2, 0.25) is 0 Å². The van der Waals surface area contributed by atoms with E-state index in [-0.39, 0.29) is 0 Å². The maximum Gasteiger partial charge on any atom is 0.123 e. The number of halogens is 1. The van der Waals surface area contributed by atoms with Gasteiger partial charge in [0.15, 0.2) is 0 Å². The fraction of sp³-hybridized carbons (Fsp3) is 0.467. The standard InChI is InChI=1S/C15H22ClN3OSi/c1-21(2,3)7-6-20-12-19-10-14(18-11-19)8-13-4-5-17-9-15(13)16/h4-5,9-11H,6-8,12H2,1-3H3. The molecule has 2 heterocycles. The van der Waals surface area contributed by atoms with E-state index < -0.39 is 8.07 Å². The molecule has 0 amide bonds. The summed E-state index contributed by atoms with van der Waals surface area (Å²) in [4.78, 5) is 8.38. The van der Waals surface area contributed by atoms with Crippen LogP contribution in [0.2, 0.25) is 30.7 Å². The van der Waals surface area contributed by atoms with Crippen molar-refractivity contribution >= 4 is 19.7 Å². The number of ether oxygens (including phenoxy) is 1. The van der Waals surface area contributed by atoms with Crippen molar-refractivity contribution in [3.63, 3.8) is 0 Å². The predicted molar refractivity (Wildman–Crippen MR) is 88.4 cm³/mol. The molecular weight excluding hydrogens is 302 g/mol. The fourth-order valence-corrected chi connectivity index (χ4v) is 2.80. The Morgan fingerprint density at radius 1 is 1.33 bits per heavy atom. The van der Waals surface area contributed by atoms with E-state index >= 15 is 0 Å². The van der Waals surface area contributed by atoms with Crippen LogP contribution >= 0.6 is 11.6 Å². The van der Waals surface area contributed by atoms with E-state index in [0.29, 0.717) is 18.2 Å². The number of imidazole rings is 1. The van der Waals surface area contributed by atoms with Gasteiger partial charge in [-0.25, -0.2) is 4.98 Å². The minimum atomic E-state index is -1.02. The minimum absolute atomic E-state index is 0.557. The summed E-state index contributed by atoms with van der Waals surface area (Å²) in [5.74, 6) is 0. The third kappa shape index (κ3) is 5.61. The molecule has 6 heteroatoms. The number of pyridine rings is 1. The normalized spacial score (nSPS) is 11.8. The van der Waals surface area contributed by atoms with Crippen LogP contribution in [0.1, 0.15) is 11.3 Å². The van der Waals surface area contributed by atoms with Crippen LogP contribution < -0.4 is 0 Å². The maximum absolute atomic E-state index is 6.11. The average molecular weight is 324 g/mol. The monoisotopic (exact) mass is 323 g/mol. The Balaban J connectivity index is 1.83. The molecule has 114 valence electrons. The molecule has 2 rings (SSSR count). The molecule has 2 aromatic rings. The molecule has 0 fully saturated rings. The fourth-order valence-electron chi connectivity index (χ4n) is 1.86. The summed E-state index contributed by atoms with van der Waals surface area (Å²) in [5.41, 5.74) is 2.02. The molecule has 0 atom stereocenters. The van der Waals surface area contributed by atoms with Gasteiger partial charge >= 0.3 is 0 Å². The molecule has 21 heavy (non-hydrogen) atoms. The van der Waals surface area contributed by atoms with Gasteiger partial charge in [-0.1, -0.05) is 31.2 Å². The van der Waals surface area contributed by atoms with Crippen molar-refractivity contribution in [3.05, 3.63) is 47.3 Å². The molecule has 0 aliphatic rings. The summed E-state index contributed by atoms with van der Waals surface area (Å²) < 4.78 is 7.67. The third-order valence-electron chi connectivity index (χ3n) is 3.15. The SMILES string of the molecule is C[Si](C)(C)CCOCn1cnc(Cc2ccncc2Cl)c1. The highest BCUT2D eigenvalue weighted by Gasteiger charge is 2.12. The van der Waals surface area contributed by atoms with E-state index in [0.717, 1.165) is 17.9 Å². The molecule has 0 spiro atoms. The van der Waals surface area contributed by atoms with Crippen LogP contribution in [0.15, 0.2) is 31.0 Å². The van der Waals surface area contributed by atoms with Crippen LogP contribution in [-0.4, -0.2) is 29.2 Å². The molecule has 0 aliphatic heterocycles. The lowest BCUT2D eigenvalue weighted by Gasteiger charge is -2.15. The van der Waals surface area contributed by atoms with Crippen LogP contribution in [-0.2, 0) is 17.9 Å². The van der Waals surface area contributed by atoms with Crippen LogP contribution in [0.3, 0.4) is 0 Å². The van der Waals surface area contributed by atoms with Crippen molar-refractivity contribution in [1.29, 1.82) is 0 Å². The Hall–Kier alpha value is -1.17. The minimum Gasteiger partial charge on any atom is -0.361 e. The molecular formula is C15H22ClN3OSi. The largest absolute Gasteiger partial charge is 0.361 e. The van der Waals surface area contributed by atoms with E-state index in [4.69, 9.17) is 16.3 Å². The zero-order valence-corrected chi connectivity index (χ0v) is 14.6. The lowest BCUT2D eigenvalue weighted by molar-refractivity contribution is 0.0871. The first-order valence-electron chi connectivity index (χ1n) is 7.11. The van der Waals surface area contributed by atoms with Crippen LogP contribution in [0.25, 0.3) is 0 Å². The molecule has 0 aromatic carbocycles. The average Bonchev–Trinajstić information content (AvgIpc) is 2.84. The molecule has 0 bridgehead atoms. The Morgan fingerprint density at radius 2 is 2.14 bits per heavy atom. The number of nitrogens with zero attached hydrogens (tertiary/aromatic N) is 3. The predicted octanol–water partition coefficient (Wildman–Crippen LogP) is 3.83. The van der Waals surface area contributed by atoms with Gasteiger partial charge in [0.1, 0.15) is 6.73 Å². The molecule has 0 saturated carbocycles. The molecule has 0 N–H and O–H groups in total. The zero-order chi connectivity index (χ0) is 15.3. The molecule has 2 aromatic heterocycles. The van der Waals surface area contributed by atoms with E-state index in [1.165, 1.54) is 6.04 Å². The zero-order valence-electron chi connectivity index (χ0n) is 12.8. The second-order valence-electron chi connectivity index (χ2n) is 6.37. The van der Waals surface area contributed by atoms with Crippen LogP contribution in [0.4, 0.5) is 0 Å². The molecule has 0 aliphatic carbocycles. The van der Waals surface area contributed by atoms with Gasteiger partial charge < -0.3 is 9.30 Å². The summed E-state index contributed by atoms with van der Waals surface area (Å²) in [7, 11) is -1.02. The number of rotatable bonds is 7. The van der Waals surface area contributed by atoms with E-state index in [9.17, 15) is 0 Å². The Morgan fingerprint density at radius 3 is 2.86 bits per heavy atom. The molecule has 0 saturated heterocycles. The van der Waals surface area contributed by atoms with Gasteiger partial charge in [-0.05, 0) is 17.7 Å². The van der Waals surface area contributed by atoms with Gasteiger partial charge in [-0.15, -0.1) is 0 Å². The van der Waals surface area contributed by atoms with Crippen molar-refractivity contribution in [2.75, 3.05) is 6.61 Å². The topological polar surface area (TPSA) is 39.9 Å². The Labute approximate surface area is 132 Å². The van der Waals surface area contributed by atoms with Crippen molar-refractivity contribution in [1.82, 2.24) is 14.5 Å². The first kappa shape index (κ1) is 16.2. The summed E-state index contributed by atoms with van der Waals surface area (Å²) in [6.07, 6.45) is 7.93. The van der Waals surface area contributed by atoms with Gasteiger partial charge in [-0.2, -0.15) is 0 Å². The van der Waals surface area contributed by atoms with Gasteiger partial charge in [0.05, 0.1) is 17.0 Å². The first-order chi connectivity index (χ1) is 9.94. The lowest BCUT2D eigenvalue weighted by Crippen LogP contribution is -2.21. The van der Waals surface area contributed by atoms with Crippen molar-refractivity contribution in [2.45, 2.75) is 38.8 Å². The Bertz CT molecular complexity index is 580. The Kier molecular flexibility index (Phi) is 5.55. The highest BCUT2D eigenvalue weighted by atomic mass is 35.5. The van der Waals surface area contributed by atoms with Gasteiger partial charge in [0, 0.05) is 39.7 Å². The summed E-state index contributed by atoms with van der Waals surface area (Å²) in [5, 5.41) is 0.679. The van der Waals surface area contributed by atoms with Gasteiger partial charge in [-0.3, -0.25) is 4.98 Å². The first-order valence-corrected chi connectivity index (χ1v) is 11.2. The third-order valence-corrected chi connectivity index (χ3v) is 5.20. The quantitative estimate of drug-likeness (QED) is 0.574. The second kappa shape index (κ2) is 7.20. The van der Waals surface area contributed by atoms with Crippen LogP contribution in [0.5, 0.6) is 0 Å². The van der Waals surface area contributed by atoms with Crippen LogP contribution in [0, 0.1) is 0 Å². The van der Waals surface area contributed by atoms with Crippen molar-refractivity contribution < 1.29 is 4.74 Å². The summed E-state index contributed by atoms with van der Waals surface area (Å²) in [6.45, 7) is 8.43. The summed E-state index contributed by atoms with van der Waals surface area (Å²) in [6, 6.07) is 3.10. The van der Waals surface area contributed by atoms with Crippen molar-refractivity contribution in [2.24, 2.45) is 0 Å². The highest BCUT2D eigenvalue weighted by molar-refractivity contribution is 6.76.